The molecule has 0 aromatic carbocycles. The second-order valence-corrected chi connectivity index (χ2v) is 3.39. The summed E-state index contributed by atoms with van der Waals surface area (Å²) in [5.41, 5.74) is 0.370. The van der Waals surface area contributed by atoms with E-state index in [0.29, 0.717) is 25.4 Å². The van der Waals surface area contributed by atoms with Gasteiger partial charge in [-0.3, -0.25) is 0 Å². The molecule has 0 fully saturated rings. The number of aliphatic hydroxyl groups excluding tert-OH is 4. The molecule has 19 heavy (non-hydrogen) atoms. The Morgan fingerprint density at radius 2 is 0.947 bits per heavy atom. The zero-order chi connectivity index (χ0) is 15.4. The van der Waals surface area contributed by atoms with Crippen LogP contribution in [0.2, 0.25) is 0 Å². The van der Waals surface area contributed by atoms with Crippen LogP contribution < -0.4 is 0 Å². The van der Waals surface area contributed by atoms with Crippen LogP contribution in [-0.4, -0.2) is 51.6 Å². The van der Waals surface area contributed by atoms with E-state index in [0.717, 1.165) is 19.3 Å². The standard InChI is InChI=1S/C4H8O2.3C3H8O.Zr/c1-3(2)4(5)6;3*1-2-3-4;/h4-6H,1H2,2H3;3*4H,2-3H2,1H3;. The fourth-order valence-corrected chi connectivity index (χ4v) is 0. The molecular weight excluding hydrogens is 327 g/mol. The van der Waals surface area contributed by atoms with Gasteiger partial charge in [-0.15, -0.1) is 0 Å². The SMILES string of the molecule is C=C(C)C(O)O.CCCO.CCCO.CCCO.[Zr]. The van der Waals surface area contributed by atoms with Gasteiger partial charge >= 0.3 is 0 Å². The molecule has 0 unspecified atom stereocenters. The van der Waals surface area contributed by atoms with E-state index in [2.05, 4.69) is 6.58 Å². The third-order valence-corrected chi connectivity index (χ3v) is 1.11. The van der Waals surface area contributed by atoms with Crippen molar-refractivity contribution in [3.05, 3.63) is 12.2 Å². The molecule has 0 saturated carbocycles. The van der Waals surface area contributed by atoms with Gasteiger partial charge in [-0.2, -0.15) is 0 Å². The monoisotopic (exact) mass is 358 g/mol. The predicted molar refractivity (Wildman–Crippen MR) is 75.2 cm³/mol. The van der Waals surface area contributed by atoms with Gasteiger partial charge in [-0.1, -0.05) is 27.4 Å². The molecule has 0 aliphatic rings. The summed E-state index contributed by atoms with van der Waals surface area (Å²) in [7, 11) is 0. The molecule has 0 rings (SSSR count). The molecule has 5 nitrogen and oxygen atoms in total. The second-order valence-electron chi connectivity index (χ2n) is 3.39. The van der Waals surface area contributed by atoms with Gasteiger partial charge < -0.3 is 25.5 Å². The quantitative estimate of drug-likeness (QED) is 0.381. The molecule has 0 bridgehead atoms. The molecule has 0 saturated heterocycles. The first-order chi connectivity index (χ1) is 8.39. The Morgan fingerprint density at radius 3 is 0.947 bits per heavy atom. The van der Waals surface area contributed by atoms with Crippen LogP contribution in [0.5, 0.6) is 0 Å². The molecular formula is C13H32O5Zr. The minimum atomic E-state index is -1.34. The summed E-state index contributed by atoms with van der Waals surface area (Å²) < 4.78 is 0. The molecule has 5 N–H and O–H groups in total. The smallest absolute Gasteiger partial charge is 0.173 e. The fourth-order valence-electron chi connectivity index (χ4n) is 0. The average molecular weight is 360 g/mol. The predicted octanol–water partition coefficient (Wildman–Crippen LogP) is 1.04. The first-order valence-electron chi connectivity index (χ1n) is 6.23. The van der Waals surface area contributed by atoms with E-state index in [-0.39, 0.29) is 26.2 Å². The zero-order valence-corrected chi connectivity index (χ0v) is 15.2. The maximum absolute atomic E-state index is 8.09. The number of hydrogen-bond donors (Lipinski definition) is 5. The first-order valence-corrected chi connectivity index (χ1v) is 6.23. The van der Waals surface area contributed by atoms with E-state index in [1.165, 1.54) is 0 Å². The normalized spacial score (nSPS) is 7.68. The Bertz CT molecular complexity index is 117. The van der Waals surface area contributed by atoms with E-state index in [4.69, 9.17) is 25.5 Å². The van der Waals surface area contributed by atoms with Gasteiger partial charge in [0.1, 0.15) is 0 Å². The average Bonchev–Trinajstić information content (AvgIpc) is 2.39. The van der Waals surface area contributed by atoms with Gasteiger partial charge in [-0.25, -0.2) is 0 Å². The first kappa shape index (κ1) is 31.7. The van der Waals surface area contributed by atoms with E-state index in [1.807, 2.05) is 20.8 Å². The maximum Gasteiger partial charge on any atom is 0.173 e. The Labute approximate surface area is 137 Å². The molecule has 0 spiro atoms. The van der Waals surface area contributed by atoms with Crippen molar-refractivity contribution in [1.82, 2.24) is 0 Å². The van der Waals surface area contributed by atoms with Crippen molar-refractivity contribution in [3.8, 4) is 0 Å². The van der Waals surface area contributed by atoms with Crippen LogP contribution in [0.3, 0.4) is 0 Å². The van der Waals surface area contributed by atoms with Crippen molar-refractivity contribution in [2.75, 3.05) is 19.8 Å². The van der Waals surface area contributed by atoms with Crippen LogP contribution in [0.15, 0.2) is 12.2 Å². The van der Waals surface area contributed by atoms with Crippen molar-refractivity contribution in [2.45, 2.75) is 53.2 Å². The van der Waals surface area contributed by atoms with E-state index >= 15 is 0 Å². The minimum Gasteiger partial charge on any atom is -0.396 e. The van der Waals surface area contributed by atoms with E-state index in [9.17, 15) is 0 Å². The zero-order valence-electron chi connectivity index (χ0n) is 12.8. The van der Waals surface area contributed by atoms with Gasteiger partial charge in [0.15, 0.2) is 6.29 Å². The third kappa shape index (κ3) is 90.2. The topological polar surface area (TPSA) is 101 Å². The molecule has 0 aromatic rings. The third-order valence-electron chi connectivity index (χ3n) is 1.11. The Balaban J connectivity index is -0.0000000459. The molecule has 0 aliphatic carbocycles. The second kappa shape index (κ2) is 36.2. The van der Waals surface area contributed by atoms with Gasteiger partial charge in [0.2, 0.25) is 0 Å². The molecule has 0 heterocycles. The van der Waals surface area contributed by atoms with Crippen molar-refractivity contribution in [2.24, 2.45) is 0 Å². The molecule has 118 valence electrons. The number of aliphatic hydroxyl groups is 5. The fraction of sp³-hybridized carbons (Fsp3) is 0.846. The number of rotatable bonds is 4. The van der Waals surface area contributed by atoms with Crippen molar-refractivity contribution in [1.29, 1.82) is 0 Å². The van der Waals surface area contributed by atoms with Crippen molar-refractivity contribution in [3.63, 3.8) is 0 Å². The Kier molecular flexibility index (Phi) is 60.4. The molecule has 0 radical (unpaired) electrons. The Morgan fingerprint density at radius 1 is 0.842 bits per heavy atom. The van der Waals surface area contributed by atoms with Crippen LogP contribution in [-0.2, 0) is 26.2 Å². The van der Waals surface area contributed by atoms with Crippen molar-refractivity contribution >= 4 is 0 Å². The Hall–Kier alpha value is 0.423. The van der Waals surface area contributed by atoms with Gasteiger partial charge in [0.25, 0.3) is 0 Å². The van der Waals surface area contributed by atoms with Gasteiger partial charge in [0, 0.05) is 46.0 Å². The minimum absolute atomic E-state index is 0. The summed E-state index contributed by atoms with van der Waals surface area (Å²) >= 11 is 0. The molecule has 0 aliphatic heterocycles. The van der Waals surface area contributed by atoms with E-state index < -0.39 is 6.29 Å². The summed E-state index contributed by atoms with van der Waals surface area (Å²) in [5.74, 6) is 0. The van der Waals surface area contributed by atoms with Crippen LogP contribution in [0, 0.1) is 0 Å². The molecule has 0 atom stereocenters. The molecule has 0 amide bonds. The van der Waals surface area contributed by atoms with Crippen LogP contribution in [0.1, 0.15) is 47.0 Å². The van der Waals surface area contributed by atoms with Gasteiger partial charge in [-0.05, 0) is 31.8 Å². The van der Waals surface area contributed by atoms with Crippen LogP contribution >= 0.6 is 0 Å². The largest absolute Gasteiger partial charge is 0.396 e. The summed E-state index contributed by atoms with van der Waals surface area (Å²) in [6, 6.07) is 0. The van der Waals surface area contributed by atoms with Crippen LogP contribution in [0.4, 0.5) is 0 Å². The molecule has 6 heteroatoms. The summed E-state index contributed by atoms with van der Waals surface area (Å²) in [5, 5.41) is 39.8. The number of hydrogen-bond acceptors (Lipinski definition) is 5. The van der Waals surface area contributed by atoms with Crippen molar-refractivity contribution < 1.29 is 51.7 Å². The molecule has 0 aromatic heterocycles. The summed E-state index contributed by atoms with van der Waals surface area (Å²) in [6.07, 6.45) is 1.28. The van der Waals surface area contributed by atoms with E-state index in [1.54, 1.807) is 6.92 Å². The maximum atomic E-state index is 8.09. The summed E-state index contributed by atoms with van der Waals surface area (Å²) in [4.78, 5) is 0. The van der Waals surface area contributed by atoms with Crippen LogP contribution in [0.25, 0.3) is 0 Å². The summed E-state index contributed by atoms with van der Waals surface area (Å²) in [6.45, 7) is 11.6. The van der Waals surface area contributed by atoms with Gasteiger partial charge in [0.05, 0.1) is 0 Å².